The smallest absolute Gasteiger partial charge is 0.160 e. The number of rotatable bonds is 6. The number of aliphatic imine (C=N–C) groups is 2. The van der Waals surface area contributed by atoms with Gasteiger partial charge in [0.25, 0.3) is 0 Å². The van der Waals surface area contributed by atoms with Crippen molar-refractivity contribution >= 4 is 61.4 Å². The maximum atomic E-state index is 9.56. The second-order valence-corrected chi connectivity index (χ2v) is 14.7. The molecule has 4 heteroatoms. The fourth-order valence-corrected chi connectivity index (χ4v) is 8.31. The highest BCUT2D eigenvalue weighted by Gasteiger charge is 2.21. The van der Waals surface area contributed by atoms with E-state index in [4.69, 9.17) is 9.98 Å². The lowest BCUT2D eigenvalue weighted by molar-refractivity contribution is 1.41. The number of nitrogens with zero attached hydrogens (tertiary/aromatic N) is 3. The molecule has 1 heterocycles. The third-order valence-electron chi connectivity index (χ3n) is 10.0. The van der Waals surface area contributed by atoms with Crippen LogP contribution in [0, 0.1) is 11.3 Å². The molecule has 0 radical (unpaired) electrons. The highest BCUT2D eigenvalue weighted by atomic mass is 127. The summed E-state index contributed by atoms with van der Waals surface area (Å²) < 4.78 is 1.12. The summed E-state index contributed by atoms with van der Waals surface area (Å²) in [5.41, 5.74) is 12.3. The van der Waals surface area contributed by atoms with Gasteiger partial charge in [0.2, 0.25) is 0 Å². The van der Waals surface area contributed by atoms with Crippen LogP contribution in [-0.2, 0) is 0 Å². The van der Waals surface area contributed by atoms with Gasteiger partial charge in [-0.2, -0.15) is 5.26 Å². The largest absolute Gasteiger partial charge is 0.232 e. The van der Waals surface area contributed by atoms with Crippen molar-refractivity contribution in [2.75, 3.05) is 0 Å². The molecular weight excluding hydrogens is 769 g/mol. The number of nitriles is 1. The quantitative estimate of drug-likeness (QED) is 0.122. The van der Waals surface area contributed by atoms with Gasteiger partial charge in [0, 0.05) is 21.1 Å². The Bertz CT molecular complexity index is 2800. The number of halogens is 1. The standard InChI is InChI=1S/C50H32IN3/c51-45-31-46(53-50(54-49(45)35-17-5-2-6-18-35)40-23-12-20-37(29-40)36-19-11-14-33(28-36)32-52)38-21-13-22-39(30-38)48-43-26-9-7-24-41(43)47(34-15-3-1-4-16-34)42-25-8-10-27-44(42)48/h1-30H,31H2. The van der Waals surface area contributed by atoms with Crippen molar-refractivity contribution in [1.29, 1.82) is 5.26 Å². The second-order valence-electron chi connectivity index (χ2n) is 13.4. The van der Waals surface area contributed by atoms with Gasteiger partial charge in [-0.15, -0.1) is 0 Å². The van der Waals surface area contributed by atoms with Crippen molar-refractivity contribution in [2.24, 2.45) is 9.98 Å². The minimum atomic E-state index is 0.629. The molecule has 0 unspecified atom stereocenters. The monoisotopic (exact) mass is 801 g/mol. The van der Waals surface area contributed by atoms with Crippen LogP contribution < -0.4 is 0 Å². The number of hydrogen-bond acceptors (Lipinski definition) is 3. The highest BCUT2D eigenvalue weighted by Crippen LogP contribution is 2.44. The summed E-state index contributed by atoms with van der Waals surface area (Å²) in [4.78, 5) is 10.7. The van der Waals surface area contributed by atoms with E-state index in [-0.39, 0.29) is 0 Å². The van der Waals surface area contributed by atoms with Crippen molar-refractivity contribution in [3.8, 4) is 39.4 Å². The highest BCUT2D eigenvalue weighted by molar-refractivity contribution is 14.1. The Kier molecular flexibility index (Phi) is 9.00. The lowest BCUT2D eigenvalue weighted by Crippen LogP contribution is -2.06. The Balaban J connectivity index is 1.22. The van der Waals surface area contributed by atoms with Crippen molar-refractivity contribution in [3.63, 3.8) is 0 Å². The number of allylic oxidation sites excluding steroid dienone is 1. The zero-order valence-corrected chi connectivity index (χ0v) is 31.4. The molecule has 0 amide bonds. The number of amidine groups is 1. The number of hydrogen-bond donors (Lipinski definition) is 0. The van der Waals surface area contributed by atoms with Crippen LogP contribution in [0.4, 0.5) is 0 Å². The molecule has 1 aliphatic heterocycles. The van der Waals surface area contributed by atoms with Crippen molar-refractivity contribution in [2.45, 2.75) is 6.42 Å². The first-order valence-corrected chi connectivity index (χ1v) is 19.0. The fourth-order valence-electron chi connectivity index (χ4n) is 7.52. The molecule has 9 rings (SSSR count). The van der Waals surface area contributed by atoms with Crippen LogP contribution in [0.1, 0.15) is 28.7 Å². The summed E-state index contributed by atoms with van der Waals surface area (Å²) in [5, 5.41) is 14.5. The molecule has 8 aromatic rings. The minimum absolute atomic E-state index is 0.629. The second kappa shape index (κ2) is 14.5. The molecule has 3 nitrogen and oxygen atoms in total. The normalized spacial score (nSPS) is 13.0. The Hall–Kier alpha value is -6.42. The molecular formula is C50H32IN3. The van der Waals surface area contributed by atoms with Crippen LogP contribution in [0.3, 0.4) is 0 Å². The lowest BCUT2D eigenvalue weighted by atomic mass is 9.85. The van der Waals surface area contributed by atoms with Crippen molar-refractivity contribution < 1.29 is 0 Å². The molecule has 8 aromatic carbocycles. The molecule has 0 N–H and O–H groups in total. The SMILES string of the molecule is N#Cc1cccc(-c2cccc(C3=NC(c4ccccc4)=C(I)CC(c4cccc(-c5c6ccccc6c(-c6ccccc6)c6ccccc56)c4)=N3)c2)c1. The Morgan fingerprint density at radius 3 is 1.52 bits per heavy atom. The van der Waals surface area contributed by atoms with E-state index >= 15 is 0 Å². The number of fused-ring (bicyclic) bond motifs is 2. The van der Waals surface area contributed by atoms with Gasteiger partial charge in [-0.1, -0.05) is 158 Å². The fraction of sp³-hybridized carbons (Fsp3) is 0.0200. The zero-order chi connectivity index (χ0) is 36.4. The summed E-state index contributed by atoms with van der Waals surface area (Å²) in [7, 11) is 0. The number of benzene rings is 8. The third-order valence-corrected chi connectivity index (χ3v) is 10.9. The summed E-state index contributed by atoms with van der Waals surface area (Å²) >= 11 is 2.46. The van der Waals surface area contributed by atoms with Gasteiger partial charge in [0.05, 0.1) is 23.0 Å². The topological polar surface area (TPSA) is 48.5 Å². The Morgan fingerprint density at radius 1 is 0.426 bits per heavy atom. The van der Waals surface area contributed by atoms with E-state index in [1.165, 1.54) is 38.2 Å². The molecule has 0 aliphatic carbocycles. The summed E-state index contributed by atoms with van der Waals surface area (Å²) in [6.07, 6.45) is 0.638. The predicted molar refractivity (Wildman–Crippen MR) is 234 cm³/mol. The van der Waals surface area contributed by atoms with Gasteiger partial charge < -0.3 is 0 Å². The zero-order valence-electron chi connectivity index (χ0n) is 29.2. The Labute approximate surface area is 328 Å². The van der Waals surface area contributed by atoms with Gasteiger partial charge in [-0.25, -0.2) is 9.98 Å². The molecule has 0 saturated heterocycles. The molecule has 54 heavy (non-hydrogen) atoms. The third kappa shape index (κ3) is 6.33. The molecule has 1 aliphatic rings. The van der Waals surface area contributed by atoms with Crippen molar-refractivity contribution in [3.05, 3.63) is 208 Å². The minimum Gasteiger partial charge on any atom is -0.232 e. The van der Waals surface area contributed by atoms with E-state index in [0.29, 0.717) is 17.8 Å². The molecule has 0 spiro atoms. The van der Waals surface area contributed by atoms with E-state index in [1.807, 2.05) is 36.4 Å². The first-order chi connectivity index (χ1) is 26.6. The van der Waals surface area contributed by atoms with Gasteiger partial charge in [-0.05, 0) is 107 Å². The summed E-state index contributed by atoms with van der Waals surface area (Å²) in [6, 6.07) is 65.8. The van der Waals surface area contributed by atoms with E-state index in [2.05, 4.69) is 174 Å². The predicted octanol–water partition coefficient (Wildman–Crippen LogP) is 13.3. The molecule has 0 bridgehead atoms. The van der Waals surface area contributed by atoms with Crippen LogP contribution in [0.5, 0.6) is 0 Å². The van der Waals surface area contributed by atoms with Gasteiger partial charge in [-0.3, -0.25) is 0 Å². The lowest BCUT2D eigenvalue weighted by Gasteiger charge is -2.18. The van der Waals surface area contributed by atoms with E-state index < -0.39 is 0 Å². The van der Waals surface area contributed by atoms with Crippen LogP contribution in [0.25, 0.3) is 60.6 Å². The van der Waals surface area contributed by atoms with Gasteiger partial charge in [0.1, 0.15) is 0 Å². The molecule has 0 aromatic heterocycles. The molecule has 254 valence electrons. The van der Waals surface area contributed by atoms with Gasteiger partial charge in [0.15, 0.2) is 5.84 Å². The molecule has 0 fully saturated rings. The van der Waals surface area contributed by atoms with Crippen LogP contribution in [-0.4, -0.2) is 11.5 Å². The first kappa shape index (κ1) is 33.4. The summed E-state index contributed by atoms with van der Waals surface area (Å²) in [6.45, 7) is 0. The van der Waals surface area contributed by atoms with Crippen LogP contribution >= 0.6 is 22.6 Å². The average Bonchev–Trinajstić information content (AvgIpc) is 3.42. The van der Waals surface area contributed by atoms with Crippen LogP contribution in [0.2, 0.25) is 0 Å². The van der Waals surface area contributed by atoms with E-state index in [9.17, 15) is 5.26 Å². The summed E-state index contributed by atoms with van der Waals surface area (Å²) in [5.74, 6) is 0.655. The molecule has 0 atom stereocenters. The molecule has 0 saturated carbocycles. The Morgan fingerprint density at radius 2 is 0.889 bits per heavy atom. The van der Waals surface area contributed by atoms with E-state index in [0.717, 1.165) is 48.4 Å². The van der Waals surface area contributed by atoms with Crippen molar-refractivity contribution in [1.82, 2.24) is 0 Å². The maximum Gasteiger partial charge on any atom is 0.160 e. The van der Waals surface area contributed by atoms with Crippen LogP contribution in [0.15, 0.2) is 196 Å². The average molecular weight is 802 g/mol. The van der Waals surface area contributed by atoms with E-state index in [1.54, 1.807) is 0 Å². The first-order valence-electron chi connectivity index (χ1n) is 18.0. The van der Waals surface area contributed by atoms with Gasteiger partial charge >= 0.3 is 0 Å². The maximum absolute atomic E-state index is 9.56.